The largest absolute Gasteiger partial charge is 0.322 e. The molecule has 5 heteroatoms. The minimum absolute atomic E-state index is 0.00791. The minimum atomic E-state index is -0.542. The van der Waals surface area contributed by atoms with Crippen molar-refractivity contribution in [1.82, 2.24) is 0 Å². The highest BCUT2D eigenvalue weighted by molar-refractivity contribution is 6.73. The van der Waals surface area contributed by atoms with Gasteiger partial charge in [0.2, 0.25) is 0 Å². The third-order valence-corrected chi connectivity index (χ3v) is 5.97. The first-order valence-corrected chi connectivity index (χ1v) is 10.7. The Hall–Kier alpha value is -2.17. The smallest absolute Gasteiger partial charge is 0.258 e. The molecule has 2 aromatic rings. The molecule has 1 fully saturated rings. The lowest BCUT2D eigenvalue weighted by Gasteiger charge is -2.19. The predicted octanol–water partition coefficient (Wildman–Crippen LogP) is 6.17. The molecule has 0 bridgehead atoms. The molecular weight excluding hydrogens is 367 g/mol. The molecule has 0 aliphatic heterocycles. The van der Waals surface area contributed by atoms with E-state index in [9.17, 15) is 13.6 Å². The lowest BCUT2D eigenvalue weighted by atomic mass is 9.39. The molecule has 2 nitrogen and oxygen atoms in total. The van der Waals surface area contributed by atoms with Gasteiger partial charge < -0.3 is 5.32 Å². The fourth-order valence-corrected chi connectivity index (χ4v) is 3.94. The van der Waals surface area contributed by atoms with Crippen LogP contribution in [0.15, 0.2) is 30.3 Å². The van der Waals surface area contributed by atoms with Crippen molar-refractivity contribution in [2.24, 2.45) is 5.92 Å². The van der Waals surface area contributed by atoms with Crippen molar-refractivity contribution in [1.29, 1.82) is 0 Å². The topological polar surface area (TPSA) is 29.1 Å². The Balaban J connectivity index is 1.83. The molecular formula is C24H30BF2NO. The highest BCUT2D eigenvalue weighted by Gasteiger charge is 2.25. The van der Waals surface area contributed by atoms with Crippen molar-refractivity contribution < 1.29 is 13.6 Å². The molecule has 29 heavy (non-hydrogen) atoms. The number of rotatable bonds is 8. The third kappa shape index (κ3) is 5.26. The standard InChI is InChI=1S/C24H30BF2NO/c1-5-25(11-10-15(2)3)21-13-19(26)14-23(16(21)4)28-24(29)20-9-8-18(12-22(20)27)17-6-7-17/h8-9,12-15,17H,5-7,10-11H2,1-4H3,(H,28,29). The molecule has 0 aromatic heterocycles. The summed E-state index contributed by atoms with van der Waals surface area (Å²) < 4.78 is 28.8. The van der Waals surface area contributed by atoms with E-state index in [1.165, 1.54) is 18.2 Å². The number of amides is 1. The summed E-state index contributed by atoms with van der Waals surface area (Å²) in [6.07, 6.45) is 5.09. The van der Waals surface area contributed by atoms with Crippen LogP contribution in [0.4, 0.5) is 14.5 Å². The quantitative estimate of drug-likeness (QED) is 0.530. The first-order chi connectivity index (χ1) is 13.8. The van der Waals surface area contributed by atoms with E-state index in [0.717, 1.165) is 48.5 Å². The van der Waals surface area contributed by atoms with Crippen LogP contribution >= 0.6 is 0 Å². The molecule has 2 aromatic carbocycles. The zero-order valence-corrected chi connectivity index (χ0v) is 17.8. The molecule has 0 radical (unpaired) electrons. The van der Waals surface area contributed by atoms with Crippen molar-refractivity contribution in [3.63, 3.8) is 0 Å². The Labute approximate surface area is 173 Å². The van der Waals surface area contributed by atoms with Gasteiger partial charge in [-0.15, -0.1) is 0 Å². The number of carbonyl (C=O) groups excluding carboxylic acids is 1. The van der Waals surface area contributed by atoms with Crippen LogP contribution in [0.3, 0.4) is 0 Å². The number of halogens is 2. The van der Waals surface area contributed by atoms with Crippen molar-refractivity contribution >= 4 is 23.8 Å². The minimum Gasteiger partial charge on any atom is -0.322 e. The third-order valence-electron chi connectivity index (χ3n) is 5.97. The van der Waals surface area contributed by atoms with Crippen molar-refractivity contribution in [3.05, 3.63) is 58.7 Å². The van der Waals surface area contributed by atoms with E-state index >= 15 is 0 Å². The van der Waals surface area contributed by atoms with Gasteiger partial charge in [-0.2, -0.15) is 0 Å². The summed E-state index contributed by atoms with van der Waals surface area (Å²) in [7, 11) is 0. The molecule has 1 aliphatic rings. The van der Waals surface area contributed by atoms with Crippen LogP contribution in [-0.2, 0) is 0 Å². The summed E-state index contributed by atoms with van der Waals surface area (Å²) in [5, 5.41) is 2.74. The maximum absolute atomic E-state index is 14.5. The van der Waals surface area contributed by atoms with E-state index in [1.54, 1.807) is 6.07 Å². The Morgan fingerprint density at radius 1 is 1.21 bits per heavy atom. The van der Waals surface area contributed by atoms with E-state index in [1.807, 2.05) is 13.0 Å². The molecule has 0 heterocycles. The normalized spacial score (nSPS) is 13.6. The van der Waals surface area contributed by atoms with E-state index in [4.69, 9.17) is 0 Å². The van der Waals surface area contributed by atoms with Crippen LogP contribution in [0.2, 0.25) is 12.6 Å². The van der Waals surface area contributed by atoms with E-state index < -0.39 is 11.7 Å². The highest BCUT2D eigenvalue weighted by Crippen LogP contribution is 2.40. The monoisotopic (exact) mass is 397 g/mol. The van der Waals surface area contributed by atoms with Crippen molar-refractivity contribution in [2.45, 2.75) is 65.5 Å². The number of hydrogen-bond acceptors (Lipinski definition) is 1. The van der Waals surface area contributed by atoms with Gasteiger partial charge in [0, 0.05) is 5.69 Å². The van der Waals surface area contributed by atoms with Gasteiger partial charge in [-0.25, -0.2) is 8.78 Å². The predicted molar refractivity (Wildman–Crippen MR) is 118 cm³/mol. The number of anilines is 1. The van der Waals surface area contributed by atoms with Gasteiger partial charge in [-0.3, -0.25) is 4.79 Å². The second kappa shape index (κ2) is 9.10. The van der Waals surface area contributed by atoms with E-state index in [-0.39, 0.29) is 18.1 Å². The Bertz CT molecular complexity index is 893. The maximum atomic E-state index is 14.5. The summed E-state index contributed by atoms with van der Waals surface area (Å²) in [6.45, 7) is 8.59. The van der Waals surface area contributed by atoms with Gasteiger partial charge in [0.05, 0.1) is 5.56 Å². The van der Waals surface area contributed by atoms with E-state index in [2.05, 4.69) is 26.1 Å². The molecule has 1 N–H and O–H groups in total. The second-order valence-corrected chi connectivity index (χ2v) is 8.71. The second-order valence-electron chi connectivity index (χ2n) is 8.71. The lowest BCUT2D eigenvalue weighted by molar-refractivity contribution is 0.102. The summed E-state index contributed by atoms with van der Waals surface area (Å²) in [6, 6.07) is 7.70. The van der Waals surface area contributed by atoms with Crippen LogP contribution in [0, 0.1) is 24.5 Å². The fourth-order valence-electron chi connectivity index (χ4n) is 3.94. The molecule has 1 aliphatic carbocycles. The summed E-state index contributed by atoms with van der Waals surface area (Å²) in [5.41, 5.74) is 3.13. The van der Waals surface area contributed by atoms with E-state index in [0.29, 0.717) is 17.5 Å². The fraction of sp³-hybridized carbons (Fsp3) is 0.458. The first-order valence-electron chi connectivity index (χ1n) is 10.7. The zero-order valence-electron chi connectivity index (χ0n) is 17.8. The van der Waals surface area contributed by atoms with Gasteiger partial charge in [0.15, 0.2) is 6.71 Å². The van der Waals surface area contributed by atoms with Crippen molar-refractivity contribution in [2.75, 3.05) is 5.32 Å². The van der Waals surface area contributed by atoms with Crippen LogP contribution in [0.25, 0.3) is 0 Å². The first kappa shape index (κ1) is 21.5. The van der Waals surface area contributed by atoms with Crippen LogP contribution in [-0.4, -0.2) is 12.6 Å². The van der Waals surface area contributed by atoms with Gasteiger partial charge in [-0.05, 0) is 67.0 Å². The summed E-state index contributed by atoms with van der Waals surface area (Å²) >= 11 is 0. The highest BCUT2D eigenvalue weighted by atomic mass is 19.1. The van der Waals surface area contributed by atoms with Crippen LogP contribution < -0.4 is 10.8 Å². The van der Waals surface area contributed by atoms with Gasteiger partial charge in [-0.1, -0.05) is 51.4 Å². The Morgan fingerprint density at radius 2 is 1.93 bits per heavy atom. The summed E-state index contributed by atoms with van der Waals surface area (Å²) in [4.78, 5) is 12.7. The average Bonchev–Trinajstić information content (AvgIpc) is 3.50. The molecule has 0 spiro atoms. The van der Waals surface area contributed by atoms with Gasteiger partial charge >= 0.3 is 0 Å². The molecule has 0 saturated heterocycles. The average molecular weight is 397 g/mol. The Morgan fingerprint density at radius 3 is 2.52 bits per heavy atom. The number of hydrogen-bond donors (Lipinski definition) is 1. The van der Waals surface area contributed by atoms with Crippen molar-refractivity contribution in [3.8, 4) is 0 Å². The van der Waals surface area contributed by atoms with Gasteiger partial charge in [0.1, 0.15) is 11.6 Å². The van der Waals surface area contributed by atoms with Gasteiger partial charge in [0.25, 0.3) is 5.91 Å². The molecule has 1 saturated carbocycles. The Kier molecular flexibility index (Phi) is 6.76. The zero-order chi connectivity index (χ0) is 21.1. The molecule has 0 atom stereocenters. The molecule has 3 rings (SSSR count). The number of carbonyl (C=O) groups is 1. The maximum Gasteiger partial charge on any atom is 0.258 e. The number of nitrogens with one attached hydrogen (secondary N) is 1. The van der Waals surface area contributed by atoms with Crippen LogP contribution in [0.1, 0.15) is 67.4 Å². The molecule has 154 valence electrons. The lowest BCUT2D eigenvalue weighted by Crippen LogP contribution is -2.33. The molecule has 0 unspecified atom stereocenters. The summed E-state index contributed by atoms with van der Waals surface area (Å²) in [5.74, 6) is -0.442. The number of benzene rings is 2. The SMILES string of the molecule is CCB(CCC(C)C)c1cc(F)cc(NC(=O)c2ccc(C3CC3)cc2F)c1C. The molecule has 1 amide bonds. The van der Waals surface area contributed by atoms with Crippen LogP contribution in [0.5, 0.6) is 0 Å².